The van der Waals surface area contributed by atoms with Gasteiger partial charge in [-0.1, -0.05) is 6.07 Å². The molecular formula is C23H14FN3O5S. The van der Waals surface area contributed by atoms with Crippen LogP contribution < -0.4 is 5.32 Å². The molecule has 4 aromatic rings. The molecule has 0 saturated carbocycles. The molecule has 0 radical (unpaired) electrons. The first-order chi connectivity index (χ1) is 15.7. The van der Waals surface area contributed by atoms with E-state index < -0.39 is 27.7 Å². The van der Waals surface area contributed by atoms with E-state index in [1.165, 1.54) is 54.7 Å². The standard InChI is InChI=1S/C23H14FN3O5S/c24-17-5-7-21-15(11-17)8-9-27(21)33(31,32)18-3-1-2-16(12-18)22(28)26-20-6-4-14(13-25)10-19(20)23(29)30/h1-12H,(H,26,28)(H,29,30). The van der Waals surface area contributed by atoms with Gasteiger partial charge in [-0.15, -0.1) is 0 Å². The quantitative estimate of drug-likeness (QED) is 0.463. The lowest BCUT2D eigenvalue weighted by atomic mass is 10.1. The number of hydrogen-bond acceptors (Lipinski definition) is 5. The summed E-state index contributed by atoms with van der Waals surface area (Å²) >= 11 is 0. The normalized spacial score (nSPS) is 11.2. The SMILES string of the molecule is N#Cc1ccc(NC(=O)c2cccc(S(=O)(=O)n3ccc4cc(F)ccc43)c2)c(C(=O)O)c1. The molecule has 10 heteroatoms. The van der Waals surface area contributed by atoms with E-state index in [2.05, 4.69) is 5.32 Å². The number of rotatable bonds is 5. The van der Waals surface area contributed by atoms with Crippen molar-refractivity contribution in [2.75, 3.05) is 5.32 Å². The molecule has 0 aliphatic carbocycles. The van der Waals surface area contributed by atoms with Gasteiger partial charge in [0.1, 0.15) is 5.82 Å². The average molecular weight is 463 g/mol. The number of nitriles is 1. The number of carbonyl (C=O) groups is 2. The lowest BCUT2D eigenvalue weighted by molar-refractivity contribution is 0.0698. The molecule has 1 heterocycles. The van der Waals surface area contributed by atoms with Crippen LogP contribution in [0.25, 0.3) is 10.9 Å². The third kappa shape index (κ3) is 4.05. The summed E-state index contributed by atoms with van der Waals surface area (Å²) in [6.45, 7) is 0. The lowest BCUT2D eigenvalue weighted by Gasteiger charge is -2.11. The maximum Gasteiger partial charge on any atom is 0.337 e. The van der Waals surface area contributed by atoms with Gasteiger partial charge >= 0.3 is 5.97 Å². The number of halogens is 1. The van der Waals surface area contributed by atoms with Gasteiger partial charge in [0.15, 0.2) is 0 Å². The number of nitrogens with zero attached hydrogens (tertiary/aromatic N) is 2. The van der Waals surface area contributed by atoms with Crippen molar-refractivity contribution < 1.29 is 27.5 Å². The molecule has 1 aromatic heterocycles. The molecule has 0 unspecified atom stereocenters. The van der Waals surface area contributed by atoms with E-state index in [4.69, 9.17) is 5.26 Å². The maximum absolute atomic E-state index is 13.5. The smallest absolute Gasteiger partial charge is 0.337 e. The van der Waals surface area contributed by atoms with Crippen LogP contribution >= 0.6 is 0 Å². The second kappa shape index (κ2) is 8.22. The Morgan fingerprint density at radius 1 is 1.03 bits per heavy atom. The number of nitrogens with one attached hydrogen (secondary N) is 1. The molecule has 0 aliphatic heterocycles. The van der Waals surface area contributed by atoms with Crippen molar-refractivity contribution in [3.63, 3.8) is 0 Å². The van der Waals surface area contributed by atoms with E-state index in [-0.39, 0.29) is 32.8 Å². The largest absolute Gasteiger partial charge is 0.478 e. The summed E-state index contributed by atoms with van der Waals surface area (Å²) in [4.78, 5) is 24.0. The Bertz CT molecular complexity index is 1590. The van der Waals surface area contributed by atoms with Crippen molar-refractivity contribution in [3.8, 4) is 6.07 Å². The first-order valence-electron chi connectivity index (χ1n) is 9.42. The predicted octanol–water partition coefficient (Wildman–Crippen LogP) is 3.84. The maximum atomic E-state index is 13.5. The number of carbonyl (C=O) groups excluding carboxylic acids is 1. The van der Waals surface area contributed by atoms with Gasteiger partial charge in [-0.3, -0.25) is 4.79 Å². The van der Waals surface area contributed by atoms with Gasteiger partial charge in [-0.05, 0) is 60.7 Å². The van der Waals surface area contributed by atoms with Crippen LogP contribution in [0.2, 0.25) is 0 Å². The Labute approximate surface area is 187 Å². The molecule has 33 heavy (non-hydrogen) atoms. The zero-order valence-electron chi connectivity index (χ0n) is 16.7. The Balaban J connectivity index is 1.69. The molecule has 8 nitrogen and oxygen atoms in total. The minimum atomic E-state index is -4.11. The molecular weight excluding hydrogens is 449 g/mol. The van der Waals surface area contributed by atoms with Crippen LogP contribution in [0.1, 0.15) is 26.3 Å². The molecule has 0 fully saturated rings. The van der Waals surface area contributed by atoms with Gasteiger partial charge in [0, 0.05) is 17.1 Å². The van der Waals surface area contributed by atoms with Crippen LogP contribution in [0.15, 0.2) is 77.8 Å². The number of aromatic carboxylic acids is 1. The topological polar surface area (TPSA) is 129 Å². The van der Waals surface area contributed by atoms with Crippen molar-refractivity contribution in [1.82, 2.24) is 3.97 Å². The van der Waals surface area contributed by atoms with Gasteiger partial charge in [0.25, 0.3) is 15.9 Å². The Morgan fingerprint density at radius 2 is 1.82 bits per heavy atom. The Kier molecular flexibility index (Phi) is 5.41. The van der Waals surface area contributed by atoms with E-state index in [0.29, 0.717) is 5.39 Å². The van der Waals surface area contributed by atoms with Crippen LogP contribution in [-0.2, 0) is 10.0 Å². The highest BCUT2D eigenvalue weighted by atomic mass is 32.2. The number of carboxylic acid groups (broad SMARTS) is 1. The third-order valence-corrected chi connectivity index (χ3v) is 6.58. The summed E-state index contributed by atoms with van der Waals surface area (Å²) < 4.78 is 40.8. The predicted molar refractivity (Wildman–Crippen MR) is 117 cm³/mol. The van der Waals surface area contributed by atoms with Crippen LogP contribution in [-0.4, -0.2) is 29.4 Å². The fourth-order valence-electron chi connectivity index (χ4n) is 3.30. The molecule has 4 rings (SSSR count). The highest BCUT2D eigenvalue weighted by molar-refractivity contribution is 7.90. The number of aromatic nitrogens is 1. The van der Waals surface area contributed by atoms with Gasteiger partial charge < -0.3 is 10.4 Å². The monoisotopic (exact) mass is 463 g/mol. The van der Waals surface area contributed by atoms with Crippen molar-refractivity contribution in [1.29, 1.82) is 5.26 Å². The summed E-state index contributed by atoms with van der Waals surface area (Å²) in [5, 5.41) is 21.1. The fraction of sp³-hybridized carbons (Fsp3) is 0. The zero-order valence-corrected chi connectivity index (χ0v) is 17.5. The van der Waals surface area contributed by atoms with E-state index in [1.807, 2.05) is 6.07 Å². The van der Waals surface area contributed by atoms with Crippen LogP contribution in [0.4, 0.5) is 10.1 Å². The van der Waals surface area contributed by atoms with Crippen LogP contribution in [0.3, 0.4) is 0 Å². The molecule has 0 atom stereocenters. The summed E-state index contributed by atoms with van der Waals surface area (Å²) in [7, 11) is -4.11. The third-order valence-electron chi connectivity index (χ3n) is 4.90. The van der Waals surface area contributed by atoms with E-state index in [0.717, 1.165) is 22.2 Å². The molecule has 1 amide bonds. The van der Waals surface area contributed by atoms with Crippen molar-refractivity contribution in [2.45, 2.75) is 4.90 Å². The highest BCUT2D eigenvalue weighted by Crippen LogP contribution is 2.24. The summed E-state index contributed by atoms with van der Waals surface area (Å²) in [5.41, 5.74) is 0.0296. The first-order valence-corrected chi connectivity index (χ1v) is 10.9. The number of benzene rings is 3. The average Bonchev–Trinajstić information content (AvgIpc) is 3.23. The van der Waals surface area contributed by atoms with Gasteiger partial charge in [-0.2, -0.15) is 5.26 Å². The number of fused-ring (bicyclic) bond motifs is 1. The Morgan fingerprint density at radius 3 is 2.55 bits per heavy atom. The lowest BCUT2D eigenvalue weighted by Crippen LogP contribution is -2.17. The second-order valence-electron chi connectivity index (χ2n) is 6.98. The summed E-state index contributed by atoms with van der Waals surface area (Å²) in [5.74, 6) is -2.58. The van der Waals surface area contributed by atoms with Crippen molar-refractivity contribution >= 4 is 38.5 Å². The molecule has 0 spiro atoms. The number of anilines is 1. The fourth-order valence-corrected chi connectivity index (χ4v) is 4.70. The molecule has 0 bridgehead atoms. The van der Waals surface area contributed by atoms with Gasteiger partial charge in [-0.25, -0.2) is 21.6 Å². The van der Waals surface area contributed by atoms with E-state index >= 15 is 0 Å². The minimum Gasteiger partial charge on any atom is -0.478 e. The van der Waals surface area contributed by atoms with Gasteiger partial charge in [0.05, 0.1) is 33.3 Å². The van der Waals surface area contributed by atoms with E-state index in [1.54, 1.807) is 0 Å². The second-order valence-corrected chi connectivity index (χ2v) is 8.79. The highest BCUT2D eigenvalue weighted by Gasteiger charge is 2.21. The molecule has 2 N–H and O–H groups in total. The first kappa shape index (κ1) is 21.7. The molecule has 3 aromatic carbocycles. The molecule has 0 saturated heterocycles. The summed E-state index contributed by atoms with van der Waals surface area (Å²) in [6, 6.07) is 16.0. The van der Waals surface area contributed by atoms with E-state index in [9.17, 15) is 27.5 Å². The number of hydrogen-bond donors (Lipinski definition) is 2. The van der Waals surface area contributed by atoms with Crippen molar-refractivity contribution in [3.05, 3.63) is 95.4 Å². The Hall–Kier alpha value is -4.49. The van der Waals surface area contributed by atoms with Crippen LogP contribution in [0.5, 0.6) is 0 Å². The molecule has 164 valence electrons. The summed E-state index contributed by atoms with van der Waals surface area (Å²) in [6.07, 6.45) is 1.29. The minimum absolute atomic E-state index is 0.0284. The number of carboxylic acids is 1. The zero-order chi connectivity index (χ0) is 23.8. The molecule has 0 aliphatic rings. The van der Waals surface area contributed by atoms with Crippen molar-refractivity contribution in [2.24, 2.45) is 0 Å². The van der Waals surface area contributed by atoms with Gasteiger partial charge in [0.2, 0.25) is 0 Å². The van der Waals surface area contributed by atoms with Crippen LogP contribution in [0, 0.1) is 17.1 Å². The number of amides is 1.